The van der Waals surface area contributed by atoms with Crippen molar-refractivity contribution < 1.29 is 19.5 Å². The van der Waals surface area contributed by atoms with E-state index >= 15 is 0 Å². The Hall–Kier alpha value is -3.15. The molecule has 0 bridgehead atoms. The highest BCUT2D eigenvalue weighted by Crippen LogP contribution is 2.46. The normalized spacial score (nSPS) is 19.2. The van der Waals surface area contributed by atoms with Crippen LogP contribution in [0.3, 0.4) is 0 Å². The third-order valence-electron chi connectivity index (χ3n) is 6.70. The van der Waals surface area contributed by atoms with Crippen LogP contribution in [0.5, 0.6) is 0 Å². The fraction of sp³-hybridized carbons (Fsp3) is 0.375. The largest absolute Gasteiger partial charge is 0.465 e. The zero-order valence-corrected chi connectivity index (χ0v) is 17.0. The molecule has 30 heavy (non-hydrogen) atoms. The molecule has 6 heteroatoms. The Morgan fingerprint density at radius 3 is 2.33 bits per heavy atom. The lowest BCUT2D eigenvalue weighted by molar-refractivity contribution is -0.135. The zero-order valence-electron chi connectivity index (χ0n) is 17.0. The Balaban J connectivity index is 1.51. The number of carboxylic acid groups (broad SMARTS) is 1. The van der Waals surface area contributed by atoms with Gasteiger partial charge in [0.15, 0.2) is 5.78 Å². The van der Waals surface area contributed by atoms with Crippen molar-refractivity contribution in [2.24, 2.45) is 0 Å². The molecule has 2 N–H and O–H groups in total. The van der Waals surface area contributed by atoms with Gasteiger partial charge in [-0.1, -0.05) is 61.5 Å². The van der Waals surface area contributed by atoms with E-state index in [1.165, 1.54) is 0 Å². The molecule has 0 radical (unpaired) electrons. The van der Waals surface area contributed by atoms with Gasteiger partial charge in [0.2, 0.25) is 5.91 Å². The molecular weight excluding hydrogens is 380 g/mol. The zero-order chi connectivity index (χ0) is 21.3. The van der Waals surface area contributed by atoms with E-state index < -0.39 is 12.1 Å². The predicted molar refractivity (Wildman–Crippen MR) is 113 cm³/mol. The molecule has 2 amide bonds. The van der Waals surface area contributed by atoms with Crippen LogP contribution in [0.25, 0.3) is 0 Å². The SMILES string of the molecule is C[C@H](c1ccccc1)[C@H](NC(=O)O)C(=O)N1CCC2(CC1)CC(=O)c1ccccc12. The first kappa shape index (κ1) is 20.1. The highest BCUT2D eigenvalue weighted by Gasteiger charge is 2.46. The van der Waals surface area contributed by atoms with Crippen LogP contribution in [-0.4, -0.2) is 46.9 Å². The number of carbonyl (C=O) groups is 3. The van der Waals surface area contributed by atoms with Crippen molar-refractivity contribution >= 4 is 17.8 Å². The minimum Gasteiger partial charge on any atom is -0.465 e. The molecule has 6 nitrogen and oxygen atoms in total. The van der Waals surface area contributed by atoms with Gasteiger partial charge in [-0.2, -0.15) is 0 Å². The minimum atomic E-state index is -1.21. The Labute approximate surface area is 175 Å². The topological polar surface area (TPSA) is 86.7 Å². The molecule has 1 aliphatic carbocycles. The van der Waals surface area contributed by atoms with Crippen molar-refractivity contribution in [1.29, 1.82) is 0 Å². The number of ketones is 1. The second kappa shape index (κ2) is 7.94. The summed E-state index contributed by atoms with van der Waals surface area (Å²) in [5.41, 5.74) is 2.61. The number of rotatable bonds is 4. The molecule has 0 saturated carbocycles. The number of hydrogen-bond donors (Lipinski definition) is 2. The maximum Gasteiger partial charge on any atom is 0.405 e. The Morgan fingerprint density at radius 2 is 1.67 bits per heavy atom. The van der Waals surface area contributed by atoms with Crippen LogP contribution in [0.1, 0.15) is 53.6 Å². The summed E-state index contributed by atoms with van der Waals surface area (Å²) in [5, 5.41) is 11.7. The molecule has 2 aromatic rings. The summed E-state index contributed by atoms with van der Waals surface area (Å²) in [5.74, 6) is -0.325. The van der Waals surface area contributed by atoms with E-state index in [1.54, 1.807) is 4.90 Å². The van der Waals surface area contributed by atoms with Crippen LogP contribution < -0.4 is 5.32 Å². The van der Waals surface area contributed by atoms with E-state index in [1.807, 2.05) is 61.5 Å². The van der Waals surface area contributed by atoms with E-state index in [4.69, 9.17) is 0 Å². The van der Waals surface area contributed by atoms with Crippen molar-refractivity contribution in [2.45, 2.75) is 43.6 Å². The van der Waals surface area contributed by atoms with Crippen LogP contribution in [0, 0.1) is 0 Å². The summed E-state index contributed by atoms with van der Waals surface area (Å²) in [6.07, 6.45) is 0.702. The van der Waals surface area contributed by atoms with Gasteiger partial charge in [0.25, 0.3) is 0 Å². The monoisotopic (exact) mass is 406 g/mol. The number of amides is 2. The highest BCUT2D eigenvalue weighted by molar-refractivity contribution is 6.02. The summed E-state index contributed by atoms with van der Waals surface area (Å²) in [6.45, 7) is 2.89. The summed E-state index contributed by atoms with van der Waals surface area (Å²) in [4.78, 5) is 38.9. The summed E-state index contributed by atoms with van der Waals surface area (Å²) < 4.78 is 0. The molecule has 1 saturated heterocycles. The molecule has 1 heterocycles. The van der Waals surface area contributed by atoms with Gasteiger partial charge in [0.05, 0.1) is 0 Å². The van der Waals surface area contributed by atoms with Crippen molar-refractivity contribution in [3.8, 4) is 0 Å². The summed E-state index contributed by atoms with van der Waals surface area (Å²) >= 11 is 0. The van der Waals surface area contributed by atoms with E-state index in [2.05, 4.69) is 5.32 Å². The summed E-state index contributed by atoms with van der Waals surface area (Å²) in [7, 11) is 0. The van der Waals surface area contributed by atoms with E-state index in [0.717, 1.165) is 16.7 Å². The van der Waals surface area contributed by atoms with E-state index in [-0.39, 0.29) is 23.0 Å². The van der Waals surface area contributed by atoms with E-state index in [0.29, 0.717) is 32.4 Å². The van der Waals surface area contributed by atoms with Crippen LogP contribution in [0.15, 0.2) is 54.6 Å². The molecule has 1 fully saturated rings. The molecule has 0 aromatic heterocycles. The lowest BCUT2D eigenvalue weighted by Crippen LogP contribution is -2.54. The van der Waals surface area contributed by atoms with Crippen molar-refractivity contribution in [3.63, 3.8) is 0 Å². The van der Waals surface area contributed by atoms with Gasteiger partial charge in [0, 0.05) is 36.4 Å². The van der Waals surface area contributed by atoms with Gasteiger partial charge in [-0.05, 0) is 24.0 Å². The molecule has 2 aromatic carbocycles. The maximum atomic E-state index is 13.3. The van der Waals surface area contributed by atoms with Crippen LogP contribution in [-0.2, 0) is 10.2 Å². The molecule has 1 spiro atoms. The predicted octanol–water partition coefficient (Wildman–Crippen LogP) is 3.57. The average molecular weight is 406 g/mol. The van der Waals surface area contributed by atoms with Gasteiger partial charge < -0.3 is 15.3 Å². The van der Waals surface area contributed by atoms with Gasteiger partial charge in [-0.3, -0.25) is 9.59 Å². The fourth-order valence-electron chi connectivity index (χ4n) is 4.97. The molecule has 2 atom stereocenters. The Kier molecular flexibility index (Phi) is 5.33. The molecule has 156 valence electrons. The number of benzene rings is 2. The van der Waals surface area contributed by atoms with Crippen molar-refractivity contribution in [2.75, 3.05) is 13.1 Å². The number of Topliss-reactive ketones (excluding diaryl/α,β-unsaturated/α-hetero) is 1. The molecule has 2 aliphatic rings. The van der Waals surface area contributed by atoms with E-state index in [9.17, 15) is 19.5 Å². The van der Waals surface area contributed by atoms with Gasteiger partial charge in [-0.25, -0.2) is 4.79 Å². The first-order valence-electron chi connectivity index (χ1n) is 10.4. The van der Waals surface area contributed by atoms with Crippen molar-refractivity contribution in [3.05, 3.63) is 71.3 Å². The number of carbonyl (C=O) groups excluding carboxylic acids is 2. The second-order valence-electron chi connectivity index (χ2n) is 8.38. The molecule has 4 rings (SSSR count). The molecule has 1 aliphatic heterocycles. The Morgan fingerprint density at radius 1 is 1.03 bits per heavy atom. The first-order chi connectivity index (χ1) is 14.4. The van der Waals surface area contributed by atoms with Gasteiger partial charge >= 0.3 is 6.09 Å². The number of hydrogen-bond acceptors (Lipinski definition) is 3. The number of fused-ring (bicyclic) bond motifs is 2. The third kappa shape index (κ3) is 3.58. The van der Waals surface area contributed by atoms with Crippen LogP contribution in [0.2, 0.25) is 0 Å². The Bertz CT molecular complexity index is 964. The smallest absolute Gasteiger partial charge is 0.405 e. The molecular formula is C24H26N2O4. The van der Waals surface area contributed by atoms with Crippen molar-refractivity contribution in [1.82, 2.24) is 10.2 Å². The standard InChI is InChI=1S/C24H26N2O4/c1-16(17-7-3-2-4-8-17)21(25-23(29)30)22(28)26-13-11-24(12-14-26)15-20(27)18-9-5-6-10-19(18)24/h2-10,16,21,25H,11-15H2,1H3,(H,29,30)/t16-,21+/m1/s1. The first-order valence-corrected chi connectivity index (χ1v) is 10.4. The lowest BCUT2D eigenvalue weighted by Gasteiger charge is -2.41. The minimum absolute atomic E-state index is 0.175. The maximum absolute atomic E-state index is 13.3. The third-order valence-corrected chi connectivity index (χ3v) is 6.70. The number of nitrogens with one attached hydrogen (secondary N) is 1. The number of nitrogens with zero attached hydrogens (tertiary/aromatic N) is 1. The summed E-state index contributed by atoms with van der Waals surface area (Å²) in [6, 6.07) is 16.4. The average Bonchev–Trinajstić information content (AvgIpc) is 3.04. The van der Waals surface area contributed by atoms with Crippen LogP contribution in [0.4, 0.5) is 4.79 Å². The lowest BCUT2D eigenvalue weighted by atomic mass is 9.73. The van der Waals surface area contributed by atoms with Gasteiger partial charge in [-0.15, -0.1) is 0 Å². The number of piperidine rings is 1. The number of likely N-dealkylation sites (tertiary alicyclic amines) is 1. The highest BCUT2D eigenvalue weighted by atomic mass is 16.4. The quantitative estimate of drug-likeness (QED) is 0.813. The second-order valence-corrected chi connectivity index (χ2v) is 8.38. The van der Waals surface area contributed by atoms with Gasteiger partial charge in [0.1, 0.15) is 6.04 Å². The molecule has 0 unspecified atom stereocenters. The fourth-order valence-corrected chi connectivity index (χ4v) is 4.97. The van der Waals surface area contributed by atoms with Crippen LogP contribution >= 0.6 is 0 Å².